The first-order chi connectivity index (χ1) is 10.0. The Morgan fingerprint density at radius 1 is 1.52 bits per heavy atom. The fraction of sp³-hybridized carbons (Fsp3) is 0.200. The SMILES string of the molecule is C=C(C(=O)OCC)C(O)c1cc(-c2ccccc2Cl)no1. The Labute approximate surface area is 126 Å². The van der Waals surface area contributed by atoms with E-state index in [1.165, 1.54) is 6.07 Å². The average Bonchev–Trinajstić information content (AvgIpc) is 2.96. The van der Waals surface area contributed by atoms with Crippen LogP contribution in [0.2, 0.25) is 5.02 Å². The van der Waals surface area contributed by atoms with Gasteiger partial charge in [0, 0.05) is 11.6 Å². The lowest BCUT2D eigenvalue weighted by Crippen LogP contribution is -2.13. The summed E-state index contributed by atoms with van der Waals surface area (Å²) < 4.78 is 9.83. The Morgan fingerprint density at radius 3 is 2.90 bits per heavy atom. The highest BCUT2D eigenvalue weighted by molar-refractivity contribution is 6.33. The van der Waals surface area contributed by atoms with Crippen molar-refractivity contribution in [3.8, 4) is 11.3 Å². The zero-order chi connectivity index (χ0) is 15.4. The number of nitrogens with zero attached hydrogens (tertiary/aromatic N) is 1. The van der Waals surface area contributed by atoms with Crippen LogP contribution in [0.4, 0.5) is 0 Å². The first kappa shape index (κ1) is 15.3. The van der Waals surface area contributed by atoms with Crippen LogP contribution in [-0.4, -0.2) is 22.8 Å². The summed E-state index contributed by atoms with van der Waals surface area (Å²) in [6.07, 6.45) is -1.31. The molecular weight excluding hydrogens is 294 g/mol. The molecule has 0 aliphatic heterocycles. The third-order valence-corrected chi connectivity index (χ3v) is 3.14. The van der Waals surface area contributed by atoms with Crippen LogP contribution >= 0.6 is 11.6 Å². The Morgan fingerprint density at radius 2 is 2.24 bits per heavy atom. The van der Waals surface area contributed by atoms with Gasteiger partial charge in [-0.05, 0) is 13.0 Å². The molecule has 21 heavy (non-hydrogen) atoms. The zero-order valence-corrected chi connectivity index (χ0v) is 12.1. The third kappa shape index (κ3) is 3.32. The summed E-state index contributed by atoms with van der Waals surface area (Å²) in [7, 11) is 0. The second-order valence-corrected chi connectivity index (χ2v) is 4.65. The highest BCUT2D eigenvalue weighted by Crippen LogP contribution is 2.30. The van der Waals surface area contributed by atoms with E-state index in [0.29, 0.717) is 16.3 Å². The lowest BCUT2D eigenvalue weighted by atomic mass is 10.1. The number of hydrogen-bond donors (Lipinski definition) is 1. The summed E-state index contributed by atoms with van der Waals surface area (Å²) >= 11 is 6.07. The van der Waals surface area contributed by atoms with E-state index in [2.05, 4.69) is 11.7 Å². The molecule has 0 spiro atoms. The fourth-order valence-corrected chi connectivity index (χ4v) is 1.95. The molecule has 6 heteroatoms. The number of rotatable bonds is 5. The molecule has 1 unspecified atom stereocenters. The number of esters is 1. The second kappa shape index (κ2) is 6.56. The van der Waals surface area contributed by atoms with Gasteiger partial charge in [0.2, 0.25) is 0 Å². The Kier molecular flexibility index (Phi) is 4.77. The van der Waals surface area contributed by atoms with Crippen molar-refractivity contribution in [2.75, 3.05) is 6.61 Å². The molecule has 2 rings (SSSR count). The van der Waals surface area contributed by atoms with E-state index in [9.17, 15) is 9.90 Å². The van der Waals surface area contributed by atoms with Gasteiger partial charge in [0.25, 0.3) is 0 Å². The van der Waals surface area contributed by atoms with Crippen LogP contribution in [0.1, 0.15) is 18.8 Å². The molecule has 0 aliphatic carbocycles. The molecule has 0 bridgehead atoms. The number of aliphatic hydroxyl groups excluding tert-OH is 1. The van der Waals surface area contributed by atoms with E-state index >= 15 is 0 Å². The van der Waals surface area contributed by atoms with Gasteiger partial charge in [-0.3, -0.25) is 0 Å². The topological polar surface area (TPSA) is 72.6 Å². The predicted octanol–water partition coefficient (Wildman–Crippen LogP) is 3.15. The van der Waals surface area contributed by atoms with E-state index in [-0.39, 0.29) is 17.9 Å². The van der Waals surface area contributed by atoms with E-state index in [1.54, 1.807) is 25.1 Å². The first-order valence-corrected chi connectivity index (χ1v) is 6.68. The molecular formula is C15H14ClNO4. The highest BCUT2D eigenvalue weighted by Gasteiger charge is 2.24. The van der Waals surface area contributed by atoms with Gasteiger partial charge in [-0.1, -0.05) is 41.5 Å². The number of hydrogen-bond acceptors (Lipinski definition) is 5. The summed E-state index contributed by atoms with van der Waals surface area (Å²) in [5.74, 6) is -0.580. The number of ether oxygens (including phenoxy) is 1. The Balaban J connectivity index is 2.22. The van der Waals surface area contributed by atoms with Crippen molar-refractivity contribution in [1.82, 2.24) is 5.16 Å². The minimum atomic E-state index is -1.31. The van der Waals surface area contributed by atoms with Crippen LogP contribution < -0.4 is 0 Å². The van der Waals surface area contributed by atoms with Crippen molar-refractivity contribution in [3.05, 3.63) is 53.3 Å². The average molecular weight is 308 g/mol. The molecule has 1 heterocycles. The van der Waals surface area contributed by atoms with Crippen LogP contribution in [0, 0.1) is 0 Å². The largest absolute Gasteiger partial charge is 0.463 e. The first-order valence-electron chi connectivity index (χ1n) is 6.30. The Hall–Kier alpha value is -2.11. The second-order valence-electron chi connectivity index (χ2n) is 4.24. The maximum absolute atomic E-state index is 11.5. The predicted molar refractivity (Wildman–Crippen MR) is 77.7 cm³/mol. The molecule has 1 aromatic carbocycles. The van der Waals surface area contributed by atoms with Crippen molar-refractivity contribution in [2.24, 2.45) is 0 Å². The molecule has 0 aliphatic rings. The number of aromatic nitrogens is 1. The molecule has 0 amide bonds. The van der Waals surface area contributed by atoms with E-state index in [4.69, 9.17) is 20.9 Å². The standard InChI is InChI=1S/C15H14ClNO4/c1-3-20-15(19)9(2)14(18)13-8-12(17-21-13)10-6-4-5-7-11(10)16/h4-8,14,18H,2-3H2,1H3. The van der Waals surface area contributed by atoms with Gasteiger partial charge in [0.05, 0.1) is 17.2 Å². The third-order valence-electron chi connectivity index (χ3n) is 2.82. The molecule has 1 atom stereocenters. The molecule has 1 N–H and O–H groups in total. The number of halogens is 1. The van der Waals surface area contributed by atoms with Crippen LogP contribution in [0.3, 0.4) is 0 Å². The maximum Gasteiger partial charge on any atom is 0.336 e. The van der Waals surface area contributed by atoms with Crippen LogP contribution in [0.25, 0.3) is 11.3 Å². The molecule has 5 nitrogen and oxygen atoms in total. The zero-order valence-electron chi connectivity index (χ0n) is 11.4. The summed E-state index contributed by atoms with van der Waals surface area (Å²) in [4.78, 5) is 11.5. The van der Waals surface area contributed by atoms with Crippen molar-refractivity contribution in [3.63, 3.8) is 0 Å². The normalized spacial score (nSPS) is 12.0. The minimum Gasteiger partial charge on any atom is -0.463 e. The number of aliphatic hydroxyl groups is 1. The van der Waals surface area contributed by atoms with Gasteiger partial charge >= 0.3 is 5.97 Å². The van der Waals surface area contributed by atoms with Crippen molar-refractivity contribution >= 4 is 17.6 Å². The van der Waals surface area contributed by atoms with Crippen molar-refractivity contribution in [1.29, 1.82) is 0 Å². The lowest BCUT2D eigenvalue weighted by molar-refractivity contribution is -0.139. The highest BCUT2D eigenvalue weighted by atomic mass is 35.5. The smallest absolute Gasteiger partial charge is 0.336 e. The molecule has 110 valence electrons. The molecule has 2 aromatic rings. The monoisotopic (exact) mass is 307 g/mol. The van der Waals surface area contributed by atoms with Gasteiger partial charge in [0.1, 0.15) is 11.8 Å². The van der Waals surface area contributed by atoms with Gasteiger partial charge in [-0.15, -0.1) is 0 Å². The van der Waals surface area contributed by atoms with Crippen LogP contribution in [0.5, 0.6) is 0 Å². The number of benzene rings is 1. The summed E-state index contributed by atoms with van der Waals surface area (Å²) in [5, 5.41) is 14.4. The van der Waals surface area contributed by atoms with Crippen LogP contribution in [0.15, 0.2) is 47.0 Å². The van der Waals surface area contributed by atoms with E-state index in [0.717, 1.165) is 0 Å². The van der Waals surface area contributed by atoms with Crippen molar-refractivity contribution < 1.29 is 19.2 Å². The van der Waals surface area contributed by atoms with Crippen LogP contribution in [-0.2, 0) is 9.53 Å². The van der Waals surface area contributed by atoms with E-state index in [1.807, 2.05) is 6.07 Å². The maximum atomic E-state index is 11.5. The van der Waals surface area contributed by atoms with Gasteiger partial charge in [0.15, 0.2) is 5.76 Å². The number of carbonyl (C=O) groups is 1. The summed E-state index contributed by atoms with van der Waals surface area (Å²) in [6, 6.07) is 8.61. The van der Waals surface area contributed by atoms with Gasteiger partial charge < -0.3 is 14.4 Å². The molecule has 0 radical (unpaired) electrons. The van der Waals surface area contributed by atoms with Crippen molar-refractivity contribution in [2.45, 2.75) is 13.0 Å². The molecule has 0 fully saturated rings. The molecule has 0 saturated carbocycles. The molecule has 0 saturated heterocycles. The number of carbonyl (C=O) groups excluding carboxylic acids is 1. The lowest BCUT2D eigenvalue weighted by Gasteiger charge is -2.08. The van der Waals surface area contributed by atoms with E-state index < -0.39 is 12.1 Å². The van der Waals surface area contributed by atoms with Gasteiger partial charge in [-0.25, -0.2) is 4.79 Å². The summed E-state index contributed by atoms with van der Waals surface area (Å²) in [6.45, 7) is 5.38. The quantitative estimate of drug-likeness (QED) is 0.678. The minimum absolute atomic E-state index is 0.1000. The Bertz CT molecular complexity index is 665. The van der Waals surface area contributed by atoms with Gasteiger partial charge in [-0.2, -0.15) is 0 Å². The molecule has 1 aromatic heterocycles. The summed E-state index contributed by atoms with van der Waals surface area (Å²) in [5.41, 5.74) is 1.02. The fourth-order valence-electron chi connectivity index (χ4n) is 1.72.